The van der Waals surface area contributed by atoms with Crippen LogP contribution in [0.4, 0.5) is 0 Å². The molecule has 0 aromatic carbocycles. The molecule has 0 radical (unpaired) electrons. The highest BCUT2D eigenvalue weighted by Crippen LogP contribution is 2.08. The van der Waals surface area contributed by atoms with Crippen LogP contribution in [0.15, 0.2) is 36.7 Å². The van der Waals surface area contributed by atoms with E-state index in [4.69, 9.17) is 0 Å². The second-order valence-corrected chi connectivity index (χ2v) is 2.32. The normalized spacial score (nSPS) is 12.3. The summed E-state index contributed by atoms with van der Waals surface area (Å²) in [6, 6.07) is 1.81. The Morgan fingerprint density at radius 1 is 1.25 bits per heavy atom. The van der Waals surface area contributed by atoms with E-state index in [1.54, 1.807) is 12.4 Å². The molecule has 0 amide bonds. The summed E-state index contributed by atoms with van der Waals surface area (Å²) in [6.45, 7) is 3.96. The number of rotatable bonds is 2. The van der Waals surface area contributed by atoms with E-state index in [1.807, 2.05) is 38.1 Å². The van der Waals surface area contributed by atoms with E-state index in [0.29, 0.717) is 0 Å². The lowest BCUT2D eigenvalue weighted by molar-refractivity contribution is 1.12. The van der Waals surface area contributed by atoms with E-state index in [-0.39, 0.29) is 0 Å². The fourth-order valence-electron chi connectivity index (χ4n) is 0.928. The van der Waals surface area contributed by atoms with Crippen molar-refractivity contribution in [3.63, 3.8) is 0 Å². The van der Waals surface area contributed by atoms with E-state index >= 15 is 0 Å². The summed E-state index contributed by atoms with van der Waals surface area (Å²) in [7, 11) is 0. The molecule has 0 spiro atoms. The van der Waals surface area contributed by atoms with Crippen molar-refractivity contribution in [2.45, 2.75) is 13.8 Å². The fourth-order valence-corrected chi connectivity index (χ4v) is 0.928. The van der Waals surface area contributed by atoms with Gasteiger partial charge in [-0.05, 0) is 19.9 Å². The van der Waals surface area contributed by atoms with Crippen LogP contribution >= 0.6 is 0 Å². The quantitative estimate of drug-likeness (QED) is 0.621. The summed E-state index contributed by atoms with van der Waals surface area (Å²) >= 11 is 0. The Hall–Kier alpha value is -1.44. The van der Waals surface area contributed by atoms with Crippen LogP contribution in [0.25, 0.3) is 5.57 Å². The molecule has 1 aromatic heterocycles. The molecule has 0 N–H and O–H groups in total. The van der Waals surface area contributed by atoms with Gasteiger partial charge in [0, 0.05) is 18.0 Å². The van der Waals surface area contributed by atoms with Crippen LogP contribution in [0.2, 0.25) is 0 Å². The third-order valence-electron chi connectivity index (χ3n) is 1.48. The molecule has 2 nitrogen and oxygen atoms in total. The molecule has 0 aliphatic carbocycles. The van der Waals surface area contributed by atoms with Crippen LogP contribution in [-0.4, -0.2) is 9.97 Å². The first-order chi connectivity index (χ1) is 5.88. The van der Waals surface area contributed by atoms with Gasteiger partial charge in [0.1, 0.15) is 0 Å². The van der Waals surface area contributed by atoms with Crippen molar-refractivity contribution in [1.82, 2.24) is 9.97 Å². The van der Waals surface area contributed by atoms with Gasteiger partial charge in [0.2, 0.25) is 0 Å². The smallest absolute Gasteiger partial charge is 0.158 e. The van der Waals surface area contributed by atoms with Gasteiger partial charge in [-0.25, -0.2) is 9.97 Å². The summed E-state index contributed by atoms with van der Waals surface area (Å²) < 4.78 is 0. The number of aromatic nitrogens is 2. The van der Waals surface area contributed by atoms with Gasteiger partial charge < -0.3 is 0 Å². The van der Waals surface area contributed by atoms with Crippen LogP contribution in [0, 0.1) is 0 Å². The first-order valence-electron chi connectivity index (χ1n) is 3.95. The second kappa shape index (κ2) is 4.44. The maximum atomic E-state index is 4.14. The highest BCUT2D eigenvalue weighted by molar-refractivity contribution is 5.68. The number of nitrogens with zero attached hydrogens (tertiary/aromatic N) is 2. The van der Waals surface area contributed by atoms with Gasteiger partial charge in [-0.1, -0.05) is 18.2 Å². The van der Waals surface area contributed by atoms with Crippen LogP contribution in [0.3, 0.4) is 0 Å². The summed E-state index contributed by atoms with van der Waals surface area (Å²) in [5.41, 5.74) is 1.05. The first-order valence-corrected chi connectivity index (χ1v) is 3.95. The van der Waals surface area contributed by atoms with Crippen LogP contribution in [0.5, 0.6) is 0 Å². The lowest BCUT2D eigenvalue weighted by atomic mass is 10.2. The Labute approximate surface area is 72.7 Å². The number of allylic oxidation sites excluding steroid dienone is 4. The summed E-state index contributed by atoms with van der Waals surface area (Å²) in [6.07, 6.45) is 9.46. The highest BCUT2D eigenvalue weighted by atomic mass is 14.8. The third-order valence-corrected chi connectivity index (χ3v) is 1.48. The number of hydrogen-bond acceptors (Lipinski definition) is 2. The minimum absolute atomic E-state index is 0.776. The van der Waals surface area contributed by atoms with Crippen LogP contribution < -0.4 is 0 Å². The average Bonchev–Trinajstić information content (AvgIpc) is 2.15. The van der Waals surface area contributed by atoms with E-state index < -0.39 is 0 Å². The largest absolute Gasteiger partial charge is 0.237 e. The monoisotopic (exact) mass is 160 g/mol. The Morgan fingerprint density at radius 3 is 2.42 bits per heavy atom. The molecule has 0 bridgehead atoms. The first kappa shape index (κ1) is 8.65. The van der Waals surface area contributed by atoms with E-state index in [1.165, 1.54) is 0 Å². The maximum absolute atomic E-state index is 4.14. The molecule has 2 heteroatoms. The van der Waals surface area contributed by atoms with Crippen molar-refractivity contribution in [1.29, 1.82) is 0 Å². The molecule has 0 saturated carbocycles. The molecule has 0 atom stereocenters. The lowest BCUT2D eigenvalue weighted by Gasteiger charge is -1.97. The predicted molar refractivity (Wildman–Crippen MR) is 50.5 cm³/mol. The zero-order valence-electron chi connectivity index (χ0n) is 7.36. The molecule has 0 unspecified atom stereocenters. The minimum atomic E-state index is 0.776. The molecule has 1 aromatic rings. The van der Waals surface area contributed by atoms with Gasteiger partial charge in [-0.15, -0.1) is 0 Å². The zero-order valence-corrected chi connectivity index (χ0v) is 7.36. The summed E-state index contributed by atoms with van der Waals surface area (Å²) in [4.78, 5) is 8.28. The highest BCUT2D eigenvalue weighted by Gasteiger charge is 1.96. The van der Waals surface area contributed by atoms with Gasteiger partial charge in [0.05, 0.1) is 0 Å². The maximum Gasteiger partial charge on any atom is 0.158 e. The molecule has 0 fully saturated rings. The van der Waals surface area contributed by atoms with Gasteiger partial charge in [0.15, 0.2) is 5.82 Å². The molecular formula is C10H12N2. The molecule has 0 aliphatic heterocycles. The minimum Gasteiger partial charge on any atom is -0.237 e. The van der Waals surface area contributed by atoms with Crippen molar-refractivity contribution in [2.24, 2.45) is 0 Å². The van der Waals surface area contributed by atoms with E-state index in [2.05, 4.69) is 9.97 Å². The summed E-state index contributed by atoms with van der Waals surface area (Å²) in [5.74, 6) is 0.776. The predicted octanol–water partition coefficient (Wildman–Crippen LogP) is 2.46. The Morgan fingerprint density at radius 2 is 1.92 bits per heavy atom. The molecule has 0 aliphatic rings. The number of hydrogen-bond donors (Lipinski definition) is 0. The zero-order chi connectivity index (χ0) is 8.81. The molecule has 1 rings (SSSR count). The van der Waals surface area contributed by atoms with Gasteiger partial charge >= 0.3 is 0 Å². The van der Waals surface area contributed by atoms with E-state index in [9.17, 15) is 0 Å². The average molecular weight is 160 g/mol. The molecule has 1 heterocycles. The van der Waals surface area contributed by atoms with Crippen LogP contribution in [0.1, 0.15) is 19.7 Å². The van der Waals surface area contributed by atoms with Crippen molar-refractivity contribution in [3.8, 4) is 0 Å². The van der Waals surface area contributed by atoms with E-state index in [0.717, 1.165) is 11.4 Å². The molecular weight excluding hydrogens is 148 g/mol. The fraction of sp³-hybridized carbons (Fsp3) is 0.200. The SMILES string of the molecule is C/C=C\C(=C/C)c1ncccn1. The van der Waals surface area contributed by atoms with Crippen LogP contribution in [-0.2, 0) is 0 Å². The second-order valence-electron chi connectivity index (χ2n) is 2.32. The lowest BCUT2D eigenvalue weighted by Crippen LogP contribution is -1.89. The molecule has 62 valence electrons. The van der Waals surface area contributed by atoms with Crippen molar-refractivity contribution < 1.29 is 0 Å². The van der Waals surface area contributed by atoms with Gasteiger partial charge in [0.25, 0.3) is 0 Å². The van der Waals surface area contributed by atoms with Crippen molar-refractivity contribution in [2.75, 3.05) is 0 Å². The molecule has 0 saturated heterocycles. The third kappa shape index (κ3) is 2.02. The van der Waals surface area contributed by atoms with Gasteiger partial charge in [-0.2, -0.15) is 0 Å². The van der Waals surface area contributed by atoms with Crippen molar-refractivity contribution in [3.05, 3.63) is 42.5 Å². The molecule has 12 heavy (non-hydrogen) atoms. The standard InChI is InChI=1S/C10H12N2/c1-3-6-9(4-2)10-11-7-5-8-12-10/h3-8H,1-2H3/b6-3-,9-4+. The topological polar surface area (TPSA) is 25.8 Å². The van der Waals surface area contributed by atoms with Crippen molar-refractivity contribution >= 4 is 5.57 Å². The Bertz CT molecular complexity index is 286. The Balaban J connectivity index is 2.97. The Kier molecular flexibility index (Phi) is 3.20. The summed E-state index contributed by atoms with van der Waals surface area (Å²) in [5, 5.41) is 0. The van der Waals surface area contributed by atoms with Gasteiger partial charge in [-0.3, -0.25) is 0 Å².